The average molecular weight is 962 g/mol. The Morgan fingerprint density at radius 1 is 0.279 bits per heavy atom. The minimum Gasteiger partial charge on any atom is -0.462 e. The third kappa shape index (κ3) is 55.3. The molecule has 0 aliphatic carbocycles. The number of ether oxygens (including phenoxy) is 3. The van der Waals surface area contributed by atoms with Gasteiger partial charge in [0, 0.05) is 19.3 Å². The van der Waals surface area contributed by atoms with Gasteiger partial charge in [0.1, 0.15) is 13.2 Å². The Labute approximate surface area is 425 Å². The molecule has 0 radical (unpaired) electrons. The number of hydrogen-bond donors (Lipinski definition) is 0. The van der Waals surface area contributed by atoms with Crippen molar-refractivity contribution in [3.05, 3.63) is 0 Å². The zero-order chi connectivity index (χ0) is 49.6. The summed E-state index contributed by atoms with van der Waals surface area (Å²) in [4.78, 5) is 38.2. The standard InChI is InChI=1S/C62H120O6/c1-6-7-8-9-10-11-12-13-14-15-20-23-28-34-39-44-49-54-62(65)68-59(56-67-61(64)53-48-43-38-33-29-24-26-31-36-41-46-51-58(4)5)55-66-60(63)52-47-42-37-32-27-22-19-17-16-18-21-25-30-35-40-45-50-57(2)3/h57-59H,6-56H2,1-5H3/t59-/m0/s1. The summed E-state index contributed by atoms with van der Waals surface area (Å²) in [6.45, 7) is 11.4. The number of rotatable bonds is 56. The van der Waals surface area contributed by atoms with Crippen molar-refractivity contribution in [1.29, 1.82) is 0 Å². The molecule has 6 heteroatoms. The minimum absolute atomic E-state index is 0.0622. The van der Waals surface area contributed by atoms with Gasteiger partial charge in [0.05, 0.1) is 0 Å². The second-order valence-electron chi connectivity index (χ2n) is 22.3. The van der Waals surface area contributed by atoms with E-state index in [0.29, 0.717) is 19.3 Å². The Hall–Kier alpha value is -1.59. The lowest BCUT2D eigenvalue weighted by atomic mass is 10.0. The van der Waals surface area contributed by atoms with Crippen LogP contribution in [0, 0.1) is 11.8 Å². The van der Waals surface area contributed by atoms with Crippen LogP contribution >= 0.6 is 0 Å². The Bertz CT molecular complexity index is 1040. The van der Waals surface area contributed by atoms with Crippen molar-refractivity contribution >= 4 is 17.9 Å². The molecule has 0 saturated heterocycles. The van der Waals surface area contributed by atoms with Crippen LogP contribution < -0.4 is 0 Å². The Kier molecular flexibility index (Phi) is 53.5. The van der Waals surface area contributed by atoms with Gasteiger partial charge >= 0.3 is 17.9 Å². The maximum atomic E-state index is 12.9. The highest BCUT2D eigenvalue weighted by atomic mass is 16.6. The van der Waals surface area contributed by atoms with Gasteiger partial charge in [0.15, 0.2) is 6.10 Å². The van der Waals surface area contributed by atoms with Crippen LogP contribution in [-0.4, -0.2) is 37.2 Å². The fourth-order valence-corrected chi connectivity index (χ4v) is 9.58. The van der Waals surface area contributed by atoms with E-state index in [1.165, 1.54) is 238 Å². The second kappa shape index (κ2) is 54.7. The number of unbranched alkanes of at least 4 members (excludes halogenated alkanes) is 41. The number of carbonyl (C=O) groups excluding carboxylic acids is 3. The van der Waals surface area contributed by atoms with Crippen LogP contribution in [0.15, 0.2) is 0 Å². The molecule has 0 unspecified atom stereocenters. The molecule has 0 aliphatic rings. The first-order chi connectivity index (χ1) is 33.2. The molecule has 0 aromatic rings. The SMILES string of the molecule is CCCCCCCCCCCCCCCCCCCC(=O)O[C@@H](COC(=O)CCCCCCCCCCCCCCCCCCC(C)C)COC(=O)CCCCCCCCCCCCCC(C)C. The number of hydrogen-bond acceptors (Lipinski definition) is 6. The predicted molar refractivity (Wildman–Crippen MR) is 293 cm³/mol. The molecule has 0 aromatic carbocycles. The van der Waals surface area contributed by atoms with Gasteiger partial charge in [0.25, 0.3) is 0 Å². The van der Waals surface area contributed by atoms with Crippen molar-refractivity contribution in [3.63, 3.8) is 0 Å². The first kappa shape index (κ1) is 66.4. The van der Waals surface area contributed by atoms with Crippen molar-refractivity contribution in [2.45, 2.75) is 355 Å². The molecule has 0 amide bonds. The Morgan fingerprint density at radius 2 is 0.485 bits per heavy atom. The summed E-state index contributed by atoms with van der Waals surface area (Å²) in [5, 5.41) is 0. The molecule has 0 bridgehead atoms. The van der Waals surface area contributed by atoms with E-state index >= 15 is 0 Å². The van der Waals surface area contributed by atoms with E-state index < -0.39 is 6.10 Å². The van der Waals surface area contributed by atoms with E-state index in [1.807, 2.05) is 0 Å². The first-order valence-electron chi connectivity index (χ1n) is 30.7. The fraction of sp³-hybridized carbons (Fsp3) is 0.952. The number of esters is 3. The quantitative estimate of drug-likeness (QED) is 0.0343. The molecule has 0 aliphatic heterocycles. The molecule has 1 atom stereocenters. The summed E-state index contributed by atoms with van der Waals surface area (Å²) in [5.74, 6) is 0.845. The minimum atomic E-state index is -0.763. The Balaban J connectivity index is 4.28. The topological polar surface area (TPSA) is 78.9 Å². The highest BCUT2D eigenvalue weighted by molar-refractivity contribution is 5.71. The van der Waals surface area contributed by atoms with Crippen molar-refractivity contribution in [2.24, 2.45) is 11.8 Å². The Morgan fingerprint density at radius 3 is 0.721 bits per heavy atom. The highest BCUT2D eigenvalue weighted by Crippen LogP contribution is 2.19. The maximum absolute atomic E-state index is 12.9. The van der Waals surface area contributed by atoms with Crippen LogP contribution in [-0.2, 0) is 28.6 Å². The zero-order valence-corrected chi connectivity index (χ0v) is 46.7. The molecule has 0 heterocycles. The van der Waals surface area contributed by atoms with E-state index in [-0.39, 0.29) is 31.1 Å². The van der Waals surface area contributed by atoms with Crippen LogP contribution in [0.1, 0.15) is 349 Å². The smallest absolute Gasteiger partial charge is 0.306 e. The summed E-state index contributed by atoms with van der Waals surface area (Å²) in [5.41, 5.74) is 0. The molecule has 0 N–H and O–H groups in total. The monoisotopic (exact) mass is 961 g/mol. The van der Waals surface area contributed by atoms with E-state index in [9.17, 15) is 14.4 Å². The molecule has 0 spiro atoms. The summed E-state index contributed by atoms with van der Waals surface area (Å²) in [6, 6.07) is 0. The zero-order valence-electron chi connectivity index (χ0n) is 46.7. The molecule has 0 aromatic heterocycles. The van der Waals surface area contributed by atoms with E-state index in [1.54, 1.807) is 0 Å². The van der Waals surface area contributed by atoms with E-state index in [0.717, 1.165) is 69.6 Å². The average Bonchev–Trinajstić information content (AvgIpc) is 3.31. The van der Waals surface area contributed by atoms with Gasteiger partial charge in [-0.2, -0.15) is 0 Å². The van der Waals surface area contributed by atoms with Crippen LogP contribution in [0.4, 0.5) is 0 Å². The first-order valence-corrected chi connectivity index (χ1v) is 30.7. The van der Waals surface area contributed by atoms with Crippen LogP contribution in [0.3, 0.4) is 0 Å². The molecular formula is C62H120O6. The van der Waals surface area contributed by atoms with Gasteiger partial charge in [-0.15, -0.1) is 0 Å². The van der Waals surface area contributed by atoms with Crippen LogP contribution in [0.2, 0.25) is 0 Å². The normalized spacial score (nSPS) is 12.0. The third-order valence-corrected chi connectivity index (χ3v) is 14.2. The molecule has 0 fully saturated rings. The van der Waals surface area contributed by atoms with Crippen molar-refractivity contribution in [3.8, 4) is 0 Å². The van der Waals surface area contributed by atoms with Gasteiger partial charge in [-0.25, -0.2) is 0 Å². The third-order valence-electron chi connectivity index (χ3n) is 14.2. The van der Waals surface area contributed by atoms with Gasteiger partial charge in [0.2, 0.25) is 0 Å². The summed E-state index contributed by atoms with van der Waals surface area (Å²) in [6.07, 6.45) is 59.6. The molecule has 404 valence electrons. The van der Waals surface area contributed by atoms with Gasteiger partial charge in [-0.1, -0.05) is 311 Å². The lowest BCUT2D eigenvalue weighted by Crippen LogP contribution is -2.30. The van der Waals surface area contributed by atoms with E-state index in [2.05, 4.69) is 34.6 Å². The lowest BCUT2D eigenvalue weighted by Gasteiger charge is -2.18. The van der Waals surface area contributed by atoms with Crippen molar-refractivity contribution in [1.82, 2.24) is 0 Å². The molecule has 0 rings (SSSR count). The molecular weight excluding hydrogens is 841 g/mol. The maximum Gasteiger partial charge on any atom is 0.306 e. The summed E-state index contributed by atoms with van der Waals surface area (Å²) >= 11 is 0. The van der Waals surface area contributed by atoms with Gasteiger partial charge in [-0.05, 0) is 31.1 Å². The van der Waals surface area contributed by atoms with Gasteiger partial charge in [-0.3, -0.25) is 14.4 Å². The van der Waals surface area contributed by atoms with Crippen LogP contribution in [0.5, 0.6) is 0 Å². The van der Waals surface area contributed by atoms with Gasteiger partial charge < -0.3 is 14.2 Å². The lowest BCUT2D eigenvalue weighted by molar-refractivity contribution is -0.167. The molecule has 0 saturated carbocycles. The van der Waals surface area contributed by atoms with Crippen LogP contribution in [0.25, 0.3) is 0 Å². The largest absolute Gasteiger partial charge is 0.462 e. The summed E-state index contributed by atoms with van der Waals surface area (Å²) < 4.78 is 16.9. The fourth-order valence-electron chi connectivity index (χ4n) is 9.58. The summed E-state index contributed by atoms with van der Waals surface area (Å²) in [7, 11) is 0. The number of carbonyl (C=O) groups is 3. The second-order valence-corrected chi connectivity index (χ2v) is 22.3. The van der Waals surface area contributed by atoms with Crippen molar-refractivity contribution in [2.75, 3.05) is 13.2 Å². The molecule has 68 heavy (non-hydrogen) atoms. The van der Waals surface area contributed by atoms with E-state index in [4.69, 9.17) is 14.2 Å². The molecule has 6 nitrogen and oxygen atoms in total. The highest BCUT2D eigenvalue weighted by Gasteiger charge is 2.19. The predicted octanol–water partition coefficient (Wildman–Crippen LogP) is 20.4. The van der Waals surface area contributed by atoms with Crippen molar-refractivity contribution < 1.29 is 28.6 Å².